The topological polar surface area (TPSA) is 85.4 Å². The second-order valence-corrected chi connectivity index (χ2v) is 10.5. The van der Waals surface area contributed by atoms with Crippen LogP contribution in [0.25, 0.3) is 0 Å². The Bertz CT molecular complexity index is 855. The third kappa shape index (κ3) is 5.23. The van der Waals surface area contributed by atoms with Crippen LogP contribution in [0.2, 0.25) is 0 Å². The molecule has 0 N–H and O–H groups in total. The normalized spacial score (nSPS) is 35.6. The largest absolute Gasteiger partial charge is 0.462 e. The van der Waals surface area contributed by atoms with Crippen molar-refractivity contribution < 1.29 is 28.6 Å². The molecule has 4 bridgehead atoms. The molecule has 0 amide bonds. The molecule has 34 heavy (non-hydrogen) atoms. The molecular weight excluding hydrogens is 436 g/mol. The highest BCUT2D eigenvalue weighted by molar-refractivity contribution is 5.93. The fourth-order valence-electron chi connectivity index (χ4n) is 6.11. The first-order chi connectivity index (χ1) is 16.2. The SMILES string of the molecule is C=C(CC(=O)OC1CC2CC(OC(=O)C(C)=CC)C(C1)N2C)C(=O)OC1CC2CCC(C1)N2C. The van der Waals surface area contributed by atoms with E-state index in [9.17, 15) is 14.4 Å². The maximum absolute atomic E-state index is 12.6. The zero-order valence-electron chi connectivity index (χ0n) is 20.8. The van der Waals surface area contributed by atoms with Gasteiger partial charge in [-0.15, -0.1) is 0 Å². The van der Waals surface area contributed by atoms with Gasteiger partial charge >= 0.3 is 17.9 Å². The van der Waals surface area contributed by atoms with Crippen molar-refractivity contribution in [3.05, 3.63) is 23.8 Å². The number of rotatable bonds is 7. The lowest BCUT2D eigenvalue weighted by atomic mass is 10.00. The third-order valence-electron chi connectivity index (χ3n) is 8.36. The molecule has 0 aromatic rings. The number of hydrogen-bond donors (Lipinski definition) is 0. The Hall–Kier alpha value is -2.19. The van der Waals surface area contributed by atoms with Crippen LogP contribution in [0.4, 0.5) is 0 Å². The van der Waals surface area contributed by atoms with E-state index in [0.717, 1.165) is 32.1 Å². The van der Waals surface area contributed by atoms with E-state index >= 15 is 0 Å². The quantitative estimate of drug-likeness (QED) is 0.316. The van der Waals surface area contributed by atoms with E-state index in [2.05, 4.69) is 23.4 Å². The summed E-state index contributed by atoms with van der Waals surface area (Å²) < 4.78 is 17.1. The minimum absolute atomic E-state index is 0.0122. The van der Waals surface area contributed by atoms with Crippen molar-refractivity contribution >= 4 is 17.9 Å². The molecule has 0 saturated carbocycles. The summed E-state index contributed by atoms with van der Waals surface area (Å²) in [5.41, 5.74) is 0.728. The summed E-state index contributed by atoms with van der Waals surface area (Å²) in [4.78, 5) is 41.9. The van der Waals surface area contributed by atoms with Gasteiger partial charge in [-0.1, -0.05) is 12.7 Å². The number of hydrogen-bond acceptors (Lipinski definition) is 8. The fraction of sp³-hybridized carbons (Fsp3) is 0.731. The second kappa shape index (κ2) is 10.2. The molecule has 6 atom stereocenters. The Kier molecular flexibility index (Phi) is 7.48. The average molecular weight is 475 g/mol. The van der Waals surface area contributed by atoms with Crippen molar-refractivity contribution in [2.45, 2.75) is 108 Å². The van der Waals surface area contributed by atoms with E-state index in [0.29, 0.717) is 30.5 Å². The van der Waals surface area contributed by atoms with Gasteiger partial charge in [0.05, 0.1) is 12.5 Å². The van der Waals surface area contributed by atoms with Gasteiger partial charge in [0.15, 0.2) is 0 Å². The summed E-state index contributed by atoms with van der Waals surface area (Å²) in [6.45, 7) is 7.34. The highest BCUT2D eigenvalue weighted by Gasteiger charge is 2.48. The third-order valence-corrected chi connectivity index (χ3v) is 8.36. The number of piperidine rings is 2. The molecule has 0 aromatic carbocycles. The smallest absolute Gasteiger partial charge is 0.334 e. The van der Waals surface area contributed by atoms with E-state index in [4.69, 9.17) is 14.2 Å². The summed E-state index contributed by atoms with van der Waals surface area (Å²) in [7, 11) is 4.16. The van der Waals surface area contributed by atoms with Gasteiger partial charge in [0.25, 0.3) is 0 Å². The Morgan fingerprint density at radius 2 is 1.47 bits per heavy atom. The molecule has 0 aliphatic carbocycles. The molecular formula is C26H38N2O6. The van der Waals surface area contributed by atoms with E-state index in [1.165, 1.54) is 0 Å². The van der Waals surface area contributed by atoms with Crippen molar-refractivity contribution in [3.63, 3.8) is 0 Å². The lowest BCUT2D eigenvalue weighted by Gasteiger charge is -2.36. The van der Waals surface area contributed by atoms with Gasteiger partial charge in [0.2, 0.25) is 0 Å². The van der Waals surface area contributed by atoms with E-state index in [-0.39, 0.29) is 48.4 Å². The molecule has 8 heteroatoms. The number of nitrogens with zero attached hydrogens (tertiary/aromatic N) is 2. The molecule has 0 aromatic heterocycles. The summed E-state index contributed by atoms with van der Waals surface area (Å²) >= 11 is 0. The monoisotopic (exact) mass is 474 g/mol. The summed E-state index contributed by atoms with van der Waals surface area (Å²) in [5.74, 6) is -1.26. The van der Waals surface area contributed by atoms with E-state index in [1.54, 1.807) is 13.0 Å². The number of likely N-dealkylation sites (N-methyl/N-ethyl adjacent to an activating group) is 1. The number of carbonyl (C=O) groups is 3. The predicted molar refractivity (Wildman–Crippen MR) is 126 cm³/mol. The Labute approximate surface area is 202 Å². The van der Waals surface area contributed by atoms with Gasteiger partial charge in [0.1, 0.15) is 18.3 Å². The highest BCUT2D eigenvalue weighted by atomic mass is 16.6. The van der Waals surface area contributed by atoms with Crippen LogP contribution < -0.4 is 0 Å². The van der Waals surface area contributed by atoms with Gasteiger partial charge in [-0.25, -0.2) is 9.59 Å². The van der Waals surface area contributed by atoms with Crippen LogP contribution >= 0.6 is 0 Å². The molecule has 0 radical (unpaired) electrons. The number of ether oxygens (including phenoxy) is 3. The molecule has 0 spiro atoms. The molecule has 4 aliphatic rings. The first-order valence-electron chi connectivity index (χ1n) is 12.5. The summed E-state index contributed by atoms with van der Waals surface area (Å²) in [6, 6.07) is 1.14. The number of carbonyl (C=O) groups excluding carboxylic acids is 3. The molecule has 6 unspecified atom stereocenters. The van der Waals surface area contributed by atoms with Gasteiger partial charge in [-0.2, -0.15) is 0 Å². The van der Waals surface area contributed by atoms with Crippen molar-refractivity contribution in [2.24, 2.45) is 0 Å². The molecule has 4 saturated heterocycles. The van der Waals surface area contributed by atoms with Crippen molar-refractivity contribution in [1.82, 2.24) is 9.80 Å². The van der Waals surface area contributed by atoms with Gasteiger partial charge < -0.3 is 19.1 Å². The molecule has 4 fully saturated rings. The van der Waals surface area contributed by atoms with Crippen LogP contribution in [0.5, 0.6) is 0 Å². The zero-order valence-corrected chi connectivity index (χ0v) is 20.8. The van der Waals surface area contributed by atoms with Crippen LogP contribution in [-0.2, 0) is 28.6 Å². The Balaban J connectivity index is 1.24. The summed E-state index contributed by atoms with van der Waals surface area (Å²) in [6.07, 6.45) is 6.99. The second-order valence-electron chi connectivity index (χ2n) is 10.5. The van der Waals surface area contributed by atoms with Gasteiger partial charge in [-0.3, -0.25) is 9.69 Å². The van der Waals surface area contributed by atoms with Crippen LogP contribution in [0.15, 0.2) is 23.8 Å². The van der Waals surface area contributed by atoms with E-state index < -0.39 is 11.9 Å². The highest BCUT2D eigenvalue weighted by Crippen LogP contribution is 2.38. The first kappa shape index (κ1) is 24.9. The van der Waals surface area contributed by atoms with Crippen molar-refractivity contribution in [3.8, 4) is 0 Å². The maximum Gasteiger partial charge on any atom is 0.334 e. The maximum atomic E-state index is 12.6. The molecule has 4 rings (SSSR count). The first-order valence-corrected chi connectivity index (χ1v) is 12.5. The molecule has 188 valence electrons. The van der Waals surface area contributed by atoms with Crippen LogP contribution in [-0.4, -0.2) is 84.3 Å². The molecule has 8 nitrogen and oxygen atoms in total. The lowest BCUT2D eigenvalue weighted by molar-refractivity contribution is -0.156. The van der Waals surface area contributed by atoms with Crippen molar-refractivity contribution in [1.29, 1.82) is 0 Å². The van der Waals surface area contributed by atoms with E-state index in [1.807, 2.05) is 14.0 Å². The standard InChI is InChI=1S/C26H38N2O6/c1-6-15(2)25(30)34-23-13-19-12-21(14-22(23)28(19)5)32-24(29)9-16(3)26(31)33-20-10-17-7-8-18(11-20)27(17)4/h6,17-23H,3,7-14H2,1-2,4-5H3. The van der Waals surface area contributed by atoms with Crippen LogP contribution in [0.3, 0.4) is 0 Å². The Morgan fingerprint density at radius 3 is 2.12 bits per heavy atom. The van der Waals surface area contributed by atoms with Crippen molar-refractivity contribution in [2.75, 3.05) is 14.1 Å². The molecule has 4 aliphatic heterocycles. The number of allylic oxidation sites excluding steroid dienone is 1. The van der Waals surface area contributed by atoms with Crippen LogP contribution in [0, 0.1) is 0 Å². The minimum atomic E-state index is -0.499. The predicted octanol–water partition coefficient (Wildman–Crippen LogP) is 2.76. The lowest BCUT2D eigenvalue weighted by Crippen LogP contribution is -2.46. The Morgan fingerprint density at radius 1 is 0.853 bits per heavy atom. The zero-order chi connectivity index (χ0) is 24.6. The number of esters is 3. The van der Waals surface area contributed by atoms with Gasteiger partial charge in [-0.05, 0) is 40.8 Å². The minimum Gasteiger partial charge on any atom is -0.462 e. The van der Waals surface area contributed by atoms with Gasteiger partial charge in [0, 0.05) is 61.4 Å². The fourth-order valence-corrected chi connectivity index (χ4v) is 6.11. The van der Waals surface area contributed by atoms with Crippen LogP contribution in [0.1, 0.15) is 65.2 Å². The molecule has 4 heterocycles. The average Bonchev–Trinajstić information content (AvgIpc) is 3.09. The number of fused-ring (bicyclic) bond motifs is 4. The summed E-state index contributed by atoms with van der Waals surface area (Å²) in [5, 5.41) is 0.